The zero-order chi connectivity index (χ0) is 25.1. The maximum atomic E-state index is 12.9. The van der Waals surface area contributed by atoms with Gasteiger partial charge < -0.3 is 14.6 Å². The Bertz CT molecular complexity index is 1310. The van der Waals surface area contributed by atoms with E-state index in [1.165, 1.54) is 0 Å². The highest BCUT2D eigenvalue weighted by Crippen LogP contribution is 2.34. The number of hydrogen-bond acceptors (Lipinski definition) is 5. The maximum absolute atomic E-state index is 12.9. The predicted octanol–water partition coefficient (Wildman–Crippen LogP) is 5.93. The molecule has 1 aliphatic heterocycles. The third-order valence-corrected chi connectivity index (χ3v) is 6.90. The van der Waals surface area contributed by atoms with Gasteiger partial charge in [-0.25, -0.2) is 0 Å². The summed E-state index contributed by atoms with van der Waals surface area (Å²) in [6.45, 7) is 6.04. The molecule has 9 heteroatoms. The SMILES string of the molecule is CCOc1ccc(NC(=O)CN2C(=O)S/C(=C\c3cc(C)n(-c4ccc(Br)cc4)c3C)C2=O)cc1. The normalized spacial score (nSPS) is 14.6. The molecule has 1 fully saturated rings. The van der Waals surface area contributed by atoms with Crippen molar-refractivity contribution in [3.05, 3.63) is 80.9 Å². The Hall–Kier alpha value is -3.30. The van der Waals surface area contributed by atoms with E-state index in [4.69, 9.17) is 4.74 Å². The van der Waals surface area contributed by atoms with Crippen LogP contribution in [0.15, 0.2) is 64.0 Å². The zero-order valence-electron chi connectivity index (χ0n) is 19.5. The number of carbonyl (C=O) groups is 3. The number of thioether (sulfide) groups is 1. The maximum Gasteiger partial charge on any atom is 0.294 e. The van der Waals surface area contributed by atoms with Gasteiger partial charge in [0.2, 0.25) is 5.91 Å². The van der Waals surface area contributed by atoms with Crippen molar-refractivity contribution in [3.8, 4) is 11.4 Å². The highest BCUT2D eigenvalue weighted by atomic mass is 79.9. The van der Waals surface area contributed by atoms with Gasteiger partial charge in [-0.05, 0) is 98.8 Å². The number of amides is 3. The number of nitrogens with zero attached hydrogens (tertiary/aromatic N) is 2. The Kier molecular flexibility index (Phi) is 7.47. The first-order valence-electron chi connectivity index (χ1n) is 11.0. The van der Waals surface area contributed by atoms with Crippen LogP contribution in [-0.2, 0) is 9.59 Å². The molecule has 1 aliphatic rings. The molecule has 1 N–H and O–H groups in total. The van der Waals surface area contributed by atoms with Crippen LogP contribution < -0.4 is 10.1 Å². The lowest BCUT2D eigenvalue weighted by molar-refractivity contribution is -0.127. The standard InChI is InChI=1S/C26H24BrN3O4S/c1-4-34-22-11-7-20(8-12-22)28-24(31)15-29-25(32)23(35-26(29)33)14-18-13-16(2)30(17(18)3)21-9-5-19(27)6-10-21/h5-14H,4,15H2,1-3H3,(H,28,31)/b23-14-. The fourth-order valence-electron chi connectivity index (χ4n) is 3.84. The van der Waals surface area contributed by atoms with Crippen molar-refractivity contribution in [2.24, 2.45) is 0 Å². The molecule has 0 unspecified atom stereocenters. The van der Waals surface area contributed by atoms with Crippen molar-refractivity contribution >= 4 is 56.5 Å². The van der Waals surface area contributed by atoms with Crippen LogP contribution >= 0.6 is 27.7 Å². The van der Waals surface area contributed by atoms with Crippen molar-refractivity contribution < 1.29 is 19.1 Å². The summed E-state index contributed by atoms with van der Waals surface area (Å²) in [4.78, 5) is 39.2. The second-order valence-corrected chi connectivity index (χ2v) is 9.82. The second kappa shape index (κ2) is 10.5. The summed E-state index contributed by atoms with van der Waals surface area (Å²) in [6, 6.07) is 16.8. The number of nitrogens with one attached hydrogen (secondary N) is 1. The lowest BCUT2D eigenvalue weighted by atomic mass is 10.2. The topological polar surface area (TPSA) is 80.6 Å². The van der Waals surface area contributed by atoms with Gasteiger partial charge in [0.1, 0.15) is 12.3 Å². The first-order chi connectivity index (χ1) is 16.8. The molecule has 2 heterocycles. The minimum absolute atomic E-state index is 0.292. The molecule has 0 bridgehead atoms. The Labute approximate surface area is 216 Å². The molecule has 3 aromatic rings. The summed E-state index contributed by atoms with van der Waals surface area (Å²) in [5.41, 5.74) is 4.35. The fourth-order valence-corrected chi connectivity index (χ4v) is 4.94. The van der Waals surface area contributed by atoms with Gasteiger partial charge in [-0.15, -0.1) is 0 Å². The van der Waals surface area contributed by atoms with E-state index in [0.717, 1.165) is 43.8 Å². The third-order valence-electron chi connectivity index (χ3n) is 5.47. The lowest BCUT2D eigenvalue weighted by Gasteiger charge is -2.12. The molecular formula is C26H24BrN3O4S. The summed E-state index contributed by atoms with van der Waals surface area (Å²) in [6.07, 6.45) is 1.72. The smallest absolute Gasteiger partial charge is 0.294 e. The number of imide groups is 1. The third kappa shape index (κ3) is 5.52. The number of halogens is 1. The molecule has 0 spiro atoms. The predicted molar refractivity (Wildman–Crippen MR) is 142 cm³/mol. The highest BCUT2D eigenvalue weighted by molar-refractivity contribution is 9.10. The number of aryl methyl sites for hydroxylation is 1. The Morgan fingerprint density at radius 3 is 2.43 bits per heavy atom. The molecule has 1 saturated heterocycles. The molecular weight excluding hydrogens is 530 g/mol. The zero-order valence-corrected chi connectivity index (χ0v) is 21.9. The van der Waals surface area contributed by atoms with E-state index in [2.05, 4.69) is 25.8 Å². The van der Waals surface area contributed by atoms with Crippen LogP contribution in [0, 0.1) is 13.8 Å². The Morgan fingerprint density at radius 1 is 1.09 bits per heavy atom. The molecule has 4 rings (SSSR count). The number of aromatic nitrogens is 1. The average molecular weight is 554 g/mol. The number of carbonyl (C=O) groups excluding carboxylic acids is 3. The largest absolute Gasteiger partial charge is 0.494 e. The summed E-state index contributed by atoms with van der Waals surface area (Å²) >= 11 is 4.29. The van der Waals surface area contributed by atoms with Crippen LogP contribution in [-0.4, -0.2) is 39.7 Å². The van der Waals surface area contributed by atoms with E-state index >= 15 is 0 Å². The number of hydrogen-bond donors (Lipinski definition) is 1. The fraction of sp³-hybridized carbons (Fsp3) is 0.192. The number of benzene rings is 2. The molecule has 0 aliphatic carbocycles. The molecule has 2 aromatic carbocycles. The minimum atomic E-state index is -0.477. The van der Waals surface area contributed by atoms with Crippen molar-refractivity contribution in [1.82, 2.24) is 9.47 Å². The average Bonchev–Trinajstić information content (AvgIpc) is 3.25. The van der Waals surface area contributed by atoms with E-state index in [0.29, 0.717) is 22.9 Å². The van der Waals surface area contributed by atoms with E-state index in [9.17, 15) is 14.4 Å². The molecule has 0 radical (unpaired) electrons. The van der Waals surface area contributed by atoms with Crippen LogP contribution in [0.5, 0.6) is 5.75 Å². The van der Waals surface area contributed by atoms with Gasteiger partial charge in [0, 0.05) is 27.2 Å². The van der Waals surface area contributed by atoms with Gasteiger partial charge in [0.25, 0.3) is 11.1 Å². The second-order valence-electron chi connectivity index (χ2n) is 7.91. The Balaban J connectivity index is 1.47. The molecule has 0 atom stereocenters. The van der Waals surface area contributed by atoms with Gasteiger partial charge in [-0.3, -0.25) is 19.3 Å². The Morgan fingerprint density at radius 2 is 1.77 bits per heavy atom. The van der Waals surface area contributed by atoms with Crippen LogP contribution in [0.1, 0.15) is 23.9 Å². The van der Waals surface area contributed by atoms with Gasteiger partial charge in [0.15, 0.2) is 0 Å². The first kappa shape index (κ1) is 24.8. The molecule has 7 nitrogen and oxygen atoms in total. The van der Waals surface area contributed by atoms with E-state index in [1.54, 1.807) is 30.3 Å². The summed E-state index contributed by atoms with van der Waals surface area (Å²) < 4.78 is 8.47. The van der Waals surface area contributed by atoms with Gasteiger partial charge >= 0.3 is 0 Å². The molecule has 0 saturated carbocycles. The quantitative estimate of drug-likeness (QED) is 0.366. The molecule has 1 aromatic heterocycles. The first-order valence-corrected chi connectivity index (χ1v) is 12.6. The lowest BCUT2D eigenvalue weighted by Crippen LogP contribution is -2.36. The van der Waals surface area contributed by atoms with Gasteiger partial charge in [-0.2, -0.15) is 0 Å². The van der Waals surface area contributed by atoms with Gasteiger partial charge in [0.05, 0.1) is 11.5 Å². The van der Waals surface area contributed by atoms with Crippen molar-refractivity contribution in [1.29, 1.82) is 0 Å². The van der Waals surface area contributed by atoms with E-state index in [1.807, 2.05) is 51.1 Å². The van der Waals surface area contributed by atoms with Crippen molar-refractivity contribution in [2.45, 2.75) is 20.8 Å². The molecule has 3 amide bonds. The van der Waals surface area contributed by atoms with E-state index < -0.39 is 17.1 Å². The van der Waals surface area contributed by atoms with Crippen LogP contribution in [0.3, 0.4) is 0 Å². The summed E-state index contributed by atoms with van der Waals surface area (Å²) in [5, 5.41) is 2.24. The number of rotatable bonds is 7. The van der Waals surface area contributed by atoms with Crippen LogP contribution in [0.25, 0.3) is 11.8 Å². The number of anilines is 1. The number of ether oxygens (including phenoxy) is 1. The highest BCUT2D eigenvalue weighted by Gasteiger charge is 2.36. The van der Waals surface area contributed by atoms with E-state index in [-0.39, 0.29) is 6.54 Å². The molecule has 35 heavy (non-hydrogen) atoms. The van der Waals surface area contributed by atoms with Crippen LogP contribution in [0.4, 0.5) is 10.5 Å². The van der Waals surface area contributed by atoms with Crippen molar-refractivity contribution in [2.75, 3.05) is 18.5 Å². The minimum Gasteiger partial charge on any atom is -0.494 e. The van der Waals surface area contributed by atoms with Crippen LogP contribution in [0.2, 0.25) is 0 Å². The monoisotopic (exact) mass is 553 g/mol. The molecule has 180 valence electrons. The van der Waals surface area contributed by atoms with Crippen molar-refractivity contribution in [3.63, 3.8) is 0 Å². The summed E-state index contributed by atoms with van der Waals surface area (Å²) in [7, 11) is 0. The van der Waals surface area contributed by atoms with Gasteiger partial charge in [-0.1, -0.05) is 15.9 Å². The summed E-state index contributed by atoms with van der Waals surface area (Å²) in [5.74, 6) is -0.234.